The fourth-order valence-electron chi connectivity index (χ4n) is 4.26. The van der Waals surface area contributed by atoms with Crippen LogP contribution in [0.15, 0.2) is 66.7 Å². The fourth-order valence-corrected chi connectivity index (χ4v) is 4.26. The van der Waals surface area contributed by atoms with E-state index in [0.29, 0.717) is 35.3 Å². The van der Waals surface area contributed by atoms with Crippen LogP contribution < -0.4 is 14.8 Å². The molecular weight excluding hydrogens is 455 g/mol. The van der Waals surface area contributed by atoms with Crippen molar-refractivity contribution in [2.75, 3.05) is 19.5 Å². The van der Waals surface area contributed by atoms with Gasteiger partial charge in [-0.25, -0.2) is 0 Å². The predicted molar refractivity (Wildman–Crippen MR) is 141 cm³/mol. The summed E-state index contributed by atoms with van der Waals surface area (Å²) in [7, 11) is 2.67. The molecule has 0 bridgehead atoms. The lowest BCUT2D eigenvalue weighted by Crippen LogP contribution is -2.38. The molecule has 1 amide bonds. The van der Waals surface area contributed by atoms with Crippen molar-refractivity contribution < 1.29 is 24.1 Å². The Labute approximate surface area is 212 Å². The summed E-state index contributed by atoms with van der Waals surface area (Å²) in [6, 6.07) is 20.6. The lowest BCUT2D eigenvalue weighted by molar-refractivity contribution is -0.115. The highest BCUT2D eigenvalue weighted by atomic mass is 16.5. The van der Waals surface area contributed by atoms with Crippen LogP contribution in [0, 0.1) is 0 Å². The third-order valence-corrected chi connectivity index (χ3v) is 6.32. The van der Waals surface area contributed by atoms with Gasteiger partial charge in [0.25, 0.3) is 0 Å². The number of ketones is 1. The van der Waals surface area contributed by atoms with E-state index in [0.717, 1.165) is 29.5 Å². The van der Waals surface area contributed by atoms with Gasteiger partial charge in [0.05, 0.1) is 20.6 Å². The fraction of sp³-hybridized carbons (Fsp3) is 0.286. The SMILES string of the molecule is COc1ccc(-c2ccc(C(=O)CC(=O)Nc3cccc(CN(B(C)O)C4CC4)c3)cc2)c(OC)c1. The van der Waals surface area contributed by atoms with E-state index < -0.39 is 7.05 Å². The predicted octanol–water partition coefficient (Wildman–Crippen LogP) is 4.66. The number of carbonyl (C=O) groups excluding carboxylic acids is 2. The van der Waals surface area contributed by atoms with Gasteiger partial charge in [0.2, 0.25) is 5.91 Å². The zero-order chi connectivity index (χ0) is 25.7. The van der Waals surface area contributed by atoms with Crippen LogP contribution in [0.2, 0.25) is 6.82 Å². The molecule has 0 saturated heterocycles. The quantitative estimate of drug-likeness (QED) is 0.233. The summed E-state index contributed by atoms with van der Waals surface area (Å²) in [6.45, 7) is 2.38. The molecule has 186 valence electrons. The topological polar surface area (TPSA) is 88.1 Å². The van der Waals surface area contributed by atoms with Crippen LogP contribution in [0.4, 0.5) is 5.69 Å². The van der Waals surface area contributed by atoms with Crippen molar-refractivity contribution in [2.24, 2.45) is 0 Å². The summed E-state index contributed by atoms with van der Waals surface area (Å²) < 4.78 is 10.7. The van der Waals surface area contributed by atoms with Gasteiger partial charge in [-0.1, -0.05) is 36.4 Å². The lowest BCUT2D eigenvalue weighted by Gasteiger charge is -2.23. The Morgan fingerprint density at radius 1 is 1.03 bits per heavy atom. The van der Waals surface area contributed by atoms with Gasteiger partial charge in [-0.2, -0.15) is 0 Å². The van der Waals surface area contributed by atoms with Gasteiger partial charge in [0.1, 0.15) is 11.5 Å². The van der Waals surface area contributed by atoms with E-state index >= 15 is 0 Å². The van der Waals surface area contributed by atoms with Crippen molar-refractivity contribution in [3.8, 4) is 22.6 Å². The number of nitrogens with one attached hydrogen (secondary N) is 1. The van der Waals surface area contributed by atoms with Gasteiger partial charge in [-0.05, 0) is 55.1 Å². The van der Waals surface area contributed by atoms with Crippen LogP contribution >= 0.6 is 0 Å². The standard InChI is InChI=1S/C28H31BN2O5/c1-29(34)31(23-11-12-23)18-19-5-4-6-22(15-19)30-28(33)17-26(32)21-9-7-20(8-10-21)25-14-13-24(35-2)16-27(25)36-3/h4-10,13-16,23,34H,11-12,17-18H2,1-3H3,(H,30,33). The van der Waals surface area contributed by atoms with E-state index in [1.165, 1.54) is 0 Å². The van der Waals surface area contributed by atoms with Crippen molar-refractivity contribution >= 4 is 24.4 Å². The minimum Gasteiger partial charge on any atom is -0.497 e. The van der Waals surface area contributed by atoms with Crippen molar-refractivity contribution in [2.45, 2.75) is 38.7 Å². The first kappa shape index (κ1) is 25.5. The van der Waals surface area contributed by atoms with E-state index in [1.54, 1.807) is 39.2 Å². The molecule has 4 rings (SSSR count). The van der Waals surface area contributed by atoms with E-state index in [1.807, 2.05) is 48.5 Å². The Bertz CT molecular complexity index is 1220. The minimum atomic E-state index is -0.523. The molecule has 2 N–H and O–H groups in total. The molecule has 1 fully saturated rings. The molecule has 0 aliphatic heterocycles. The Kier molecular flexibility index (Phi) is 8.08. The molecule has 1 aliphatic rings. The summed E-state index contributed by atoms with van der Waals surface area (Å²) >= 11 is 0. The number of benzene rings is 3. The van der Waals surface area contributed by atoms with E-state index in [-0.39, 0.29) is 18.1 Å². The summed E-state index contributed by atoms with van der Waals surface area (Å²) in [6.07, 6.45) is 1.94. The molecule has 1 aliphatic carbocycles. The first-order valence-corrected chi connectivity index (χ1v) is 12.1. The molecular formula is C28H31BN2O5. The number of hydrogen-bond donors (Lipinski definition) is 2. The largest absolute Gasteiger partial charge is 0.497 e. The number of anilines is 1. The molecule has 3 aromatic rings. The lowest BCUT2D eigenvalue weighted by atomic mass is 9.84. The molecule has 8 heteroatoms. The second kappa shape index (κ2) is 11.4. The monoisotopic (exact) mass is 486 g/mol. The molecule has 36 heavy (non-hydrogen) atoms. The van der Waals surface area contributed by atoms with Crippen LogP contribution in [0.25, 0.3) is 11.1 Å². The van der Waals surface area contributed by atoms with E-state index in [9.17, 15) is 14.6 Å². The zero-order valence-corrected chi connectivity index (χ0v) is 20.9. The summed E-state index contributed by atoms with van der Waals surface area (Å²) in [5.41, 5.74) is 3.87. The number of rotatable bonds is 11. The van der Waals surface area contributed by atoms with Crippen LogP contribution in [0.5, 0.6) is 11.5 Å². The van der Waals surface area contributed by atoms with Crippen LogP contribution in [0.3, 0.4) is 0 Å². The maximum absolute atomic E-state index is 12.7. The van der Waals surface area contributed by atoms with Gasteiger partial charge in [-0.3, -0.25) is 9.59 Å². The molecule has 0 spiro atoms. The van der Waals surface area contributed by atoms with Crippen molar-refractivity contribution in [3.63, 3.8) is 0 Å². The molecule has 0 aromatic heterocycles. The van der Waals surface area contributed by atoms with Crippen LogP contribution in [0.1, 0.15) is 35.2 Å². The van der Waals surface area contributed by atoms with Gasteiger partial charge < -0.3 is 24.6 Å². The van der Waals surface area contributed by atoms with Crippen LogP contribution in [-0.2, 0) is 11.3 Å². The van der Waals surface area contributed by atoms with Gasteiger partial charge >= 0.3 is 7.05 Å². The summed E-state index contributed by atoms with van der Waals surface area (Å²) in [5, 5.41) is 12.9. The number of amides is 1. The number of methoxy groups -OCH3 is 2. The highest BCUT2D eigenvalue weighted by Crippen LogP contribution is 2.33. The Hall–Kier alpha value is -3.62. The molecule has 0 unspecified atom stereocenters. The molecule has 7 nitrogen and oxygen atoms in total. The van der Waals surface area contributed by atoms with Gasteiger partial charge in [0, 0.05) is 35.5 Å². The van der Waals surface area contributed by atoms with Crippen molar-refractivity contribution in [1.82, 2.24) is 4.81 Å². The zero-order valence-electron chi connectivity index (χ0n) is 20.9. The van der Waals surface area contributed by atoms with Crippen molar-refractivity contribution in [3.05, 3.63) is 77.9 Å². The third kappa shape index (κ3) is 6.33. The number of hydrogen-bond acceptors (Lipinski definition) is 6. The Morgan fingerprint density at radius 2 is 1.78 bits per heavy atom. The van der Waals surface area contributed by atoms with E-state index in [4.69, 9.17) is 9.47 Å². The summed E-state index contributed by atoms with van der Waals surface area (Å²) in [5.74, 6) is 0.740. The van der Waals surface area contributed by atoms with Gasteiger partial charge in [-0.15, -0.1) is 0 Å². The first-order valence-electron chi connectivity index (χ1n) is 12.1. The molecule has 3 aromatic carbocycles. The smallest absolute Gasteiger partial charge is 0.376 e. The van der Waals surface area contributed by atoms with Crippen LogP contribution in [-0.4, -0.2) is 48.8 Å². The normalized spacial score (nSPS) is 12.8. The maximum atomic E-state index is 12.7. The Morgan fingerprint density at radius 3 is 2.42 bits per heavy atom. The van der Waals surface area contributed by atoms with E-state index in [2.05, 4.69) is 10.1 Å². The molecule has 1 saturated carbocycles. The number of ether oxygens (including phenoxy) is 2. The third-order valence-electron chi connectivity index (χ3n) is 6.32. The number of Topliss-reactive ketones (excluding diaryl/α,β-unsaturated/α-hetero) is 1. The molecule has 0 heterocycles. The second-order valence-corrected chi connectivity index (χ2v) is 9.03. The maximum Gasteiger partial charge on any atom is 0.376 e. The van der Waals surface area contributed by atoms with Gasteiger partial charge in [0.15, 0.2) is 5.78 Å². The second-order valence-electron chi connectivity index (χ2n) is 9.03. The number of carbonyl (C=O) groups is 2. The highest BCUT2D eigenvalue weighted by molar-refractivity contribution is 6.45. The highest BCUT2D eigenvalue weighted by Gasteiger charge is 2.33. The average molecular weight is 486 g/mol. The summed E-state index contributed by atoms with van der Waals surface area (Å²) in [4.78, 5) is 27.4. The van der Waals surface area contributed by atoms with Crippen molar-refractivity contribution in [1.29, 1.82) is 0 Å². The Balaban J connectivity index is 1.37. The molecule has 0 atom stereocenters. The minimum absolute atomic E-state index is 0.253. The first-order chi connectivity index (χ1) is 17.4. The molecule has 0 radical (unpaired) electrons. The number of nitrogens with zero attached hydrogens (tertiary/aromatic N) is 1. The average Bonchev–Trinajstić information content (AvgIpc) is 3.72.